The van der Waals surface area contributed by atoms with E-state index in [9.17, 15) is 29.4 Å². The van der Waals surface area contributed by atoms with Crippen molar-refractivity contribution in [1.29, 1.82) is 0 Å². The molecule has 13 heteroatoms. The maximum Gasteiger partial charge on any atom is 0.326 e. The maximum atomic E-state index is 12.4. The number of aromatic hydroxyl groups is 1. The number of thiophene rings is 1. The van der Waals surface area contributed by atoms with Gasteiger partial charge in [-0.1, -0.05) is 20.8 Å². The van der Waals surface area contributed by atoms with E-state index in [2.05, 4.69) is 32.6 Å². The molecule has 0 saturated heterocycles. The summed E-state index contributed by atoms with van der Waals surface area (Å²) in [6.07, 6.45) is 0.602. The van der Waals surface area contributed by atoms with Crippen LogP contribution in [0.4, 0.5) is 5.82 Å². The zero-order valence-corrected chi connectivity index (χ0v) is 20.3. The van der Waals surface area contributed by atoms with E-state index < -0.39 is 35.7 Å². The third-order valence-corrected chi connectivity index (χ3v) is 5.69. The Hall–Kier alpha value is -4.44. The van der Waals surface area contributed by atoms with Gasteiger partial charge in [-0.05, 0) is 24.5 Å². The van der Waals surface area contributed by atoms with Crippen LogP contribution in [0.25, 0.3) is 11.4 Å². The molecule has 2 aliphatic heterocycles. The number of rotatable bonds is 7. The maximum absolute atomic E-state index is 12.4. The van der Waals surface area contributed by atoms with Gasteiger partial charge in [0.1, 0.15) is 18.2 Å². The number of carbonyl (C=O) groups is 4. The van der Waals surface area contributed by atoms with Crippen molar-refractivity contribution in [2.45, 2.75) is 39.7 Å². The lowest BCUT2D eigenvalue weighted by Crippen LogP contribution is -2.40. The fourth-order valence-electron chi connectivity index (χ4n) is 2.82. The Morgan fingerprint density at radius 1 is 1.19 bits per heavy atom. The number of carboxylic acids is 2. The standard InChI is InChI=1S/C23H23N5O7S/c1-23(2,3)22(35)27-16-9-14-18(26-16)24-11-28(20(14)32)7-6-13-8-12(10-36-13)19(31)25-15(21(33)34)4-5-17(29)30/h8-11,15,32H,4-5H2,1-3H3,(H,25,31)(H,27,35)(H,29,30)(H,33,34)/t15-/m0/s1. The molecule has 1 aromatic heterocycles. The molecule has 0 fully saturated rings. The van der Waals surface area contributed by atoms with E-state index in [4.69, 9.17) is 5.11 Å². The second-order valence-corrected chi connectivity index (χ2v) is 9.67. The minimum absolute atomic E-state index is 0.160. The summed E-state index contributed by atoms with van der Waals surface area (Å²) in [7, 11) is 0. The van der Waals surface area contributed by atoms with Gasteiger partial charge in [0.25, 0.3) is 5.91 Å². The zero-order valence-electron chi connectivity index (χ0n) is 19.5. The minimum atomic E-state index is -1.34. The predicted octanol–water partition coefficient (Wildman–Crippen LogP) is 2.04. The van der Waals surface area contributed by atoms with Crippen LogP contribution in [0.1, 0.15) is 48.8 Å². The van der Waals surface area contributed by atoms with Crippen molar-refractivity contribution in [3.05, 3.63) is 34.3 Å². The lowest BCUT2D eigenvalue weighted by Gasteiger charge is -2.16. The molecule has 0 bridgehead atoms. The number of carboxylic acid groups (broad SMARTS) is 2. The number of aliphatic carboxylic acids is 2. The molecule has 1 aromatic rings. The number of aromatic nitrogens is 3. The molecule has 3 rings (SSSR count). The average Bonchev–Trinajstić information content (AvgIpc) is 3.42. The van der Waals surface area contributed by atoms with E-state index in [1.807, 2.05) is 0 Å². The Labute approximate surface area is 209 Å². The zero-order chi connectivity index (χ0) is 26.6. The van der Waals surface area contributed by atoms with Crippen molar-refractivity contribution < 1.29 is 34.5 Å². The summed E-state index contributed by atoms with van der Waals surface area (Å²) in [4.78, 5) is 55.3. The van der Waals surface area contributed by atoms with Crippen LogP contribution in [0.3, 0.4) is 0 Å². The summed E-state index contributed by atoms with van der Waals surface area (Å²) >= 11 is 1.12. The summed E-state index contributed by atoms with van der Waals surface area (Å²) < 4.78 is 1.16. The first-order chi connectivity index (χ1) is 16.8. The van der Waals surface area contributed by atoms with E-state index in [0.717, 1.165) is 15.9 Å². The fraction of sp³-hybridized carbons (Fsp3) is 0.304. The number of fused-ring (bicyclic) bond motifs is 1. The third kappa shape index (κ3) is 6.36. The molecule has 0 saturated carbocycles. The molecule has 0 radical (unpaired) electrons. The molecule has 1 atom stereocenters. The summed E-state index contributed by atoms with van der Waals surface area (Å²) in [6.45, 7) is 5.27. The molecule has 36 heavy (non-hydrogen) atoms. The highest BCUT2D eigenvalue weighted by Crippen LogP contribution is 2.31. The van der Waals surface area contributed by atoms with Crippen LogP contribution in [0, 0.1) is 17.4 Å². The molecule has 3 heterocycles. The SMILES string of the molecule is CC(C)(C)C(=O)Nc1cc2c(O)n(C#Cc3cc(C(=O)N[C@@H](CCC(=O)O)C(=O)O)cs3)cnc-2n1. The van der Waals surface area contributed by atoms with Gasteiger partial charge in [0.2, 0.25) is 11.8 Å². The molecular formula is C23H23N5O7S. The van der Waals surface area contributed by atoms with Crippen molar-refractivity contribution >= 4 is 40.9 Å². The third-order valence-electron chi connectivity index (χ3n) is 4.85. The lowest BCUT2D eigenvalue weighted by molar-refractivity contribution is -0.140. The van der Waals surface area contributed by atoms with Crippen molar-refractivity contribution in [2.24, 2.45) is 5.41 Å². The van der Waals surface area contributed by atoms with Crippen LogP contribution in [-0.4, -0.2) is 59.6 Å². The molecule has 0 spiro atoms. The monoisotopic (exact) mass is 513 g/mol. The van der Waals surface area contributed by atoms with Gasteiger partial charge in [0.15, 0.2) is 5.82 Å². The van der Waals surface area contributed by atoms with Crippen molar-refractivity contribution in [3.8, 4) is 29.2 Å². The molecule has 0 unspecified atom stereocenters. The summed E-state index contributed by atoms with van der Waals surface area (Å²) in [5.41, 5.74) is -0.188. The number of amides is 2. The summed E-state index contributed by atoms with van der Waals surface area (Å²) in [5, 5.41) is 35.0. The van der Waals surface area contributed by atoms with E-state index in [1.54, 1.807) is 20.8 Å². The van der Waals surface area contributed by atoms with Gasteiger partial charge in [0, 0.05) is 23.3 Å². The van der Waals surface area contributed by atoms with Crippen LogP contribution in [0.2, 0.25) is 0 Å². The molecular weight excluding hydrogens is 490 g/mol. The quantitative estimate of drug-likeness (QED) is 0.295. The normalized spacial score (nSPS) is 11.9. The van der Waals surface area contributed by atoms with Crippen LogP contribution < -0.4 is 10.6 Å². The van der Waals surface area contributed by atoms with Crippen molar-refractivity contribution in [1.82, 2.24) is 19.9 Å². The molecule has 188 valence electrons. The minimum Gasteiger partial charge on any atom is -0.493 e. The van der Waals surface area contributed by atoms with Gasteiger partial charge in [-0.15, -0.1) is 11.3 Å². The number of nitrogens with one attached hydrogen (secondary N) is 2. The Balaban J connectivity index is 1.75. The highest BCUT2D eigenvalue weighted by atomic mass is 32.1. The summed E-state index contributed by atoms with van der Waals surface area (Å²) in [6, 6.07) is 4.28. The number of nitrogens with zero attached hydrogens (tertiary/aromatic N) is 3. The smallest absolute Gasteiger partial charge is 0.326 e. The van der Waals surface area contributed by atoms with Crippen LogP contribution in [0.5, 0.6) is 5.88 Å². The van der Waals surface area contributed by atoms with E-state index in [0.29, 0.717) is 4.88 Å². The van der Waals surface area contributed by atoms with Crippen LogP contribution >= 0.6 is 11.3 Å². The molecule has 5 N–H and O–H groups in total. The predicted molar refractivity (Wildman–Crippen MR) is 129 cm³/mol. The van der Waals surface area contributed by atoms with Crippen molar-refractivity contribution in [2.75, 3.05) is 5.32 Å². The van der Waals surface area contributed by atoms with Gasteiger partial charge in [-0.3, -0.25) is 14.4 Å². The topological polar surface area (TPSA) is 184 Å². The van der Waals surface area contributed by atoms with Crippen LogP contribution in [-0.2, 0) is 14.4 Å². The number of hydrogen-bond donors (Lipinski definition) is 5. The average molecular weight is 514 g/mol. The molecule has 0 aromatic carbocycles. The fourth-order valence-corrected chi connectivity index (χ4v) is 3.55. The van der Waals surface area contributed by atoms with Gasteiger partial charge in [0.05, 0.1) is 16.0 Å². The number of hydrogen-bond acceptors (Lipinski definition) is 8. The second-order valence-electron chi connectivity index (χ2n) is 8.75. The highest BCUT2D eigenvalue weighted by Gasteiger charge is 2.24. The Bertz CT molecular complexity index is 1360. The van der Waals surface area contributed by atoms with Gasteiger partial charge in [-0.2, -0.15) is 0 Å². The molecule has 0 aliphatic carbocycles. The van der Waals surface area contributed by atoms with Gasteiger partial charge in [-0.25, -0.2) is 19.3 Å². The lowest BCUT2D eigenvalue weighted by atomic mass is 9.96. The second kappa shape index (κ2) is 10.4. The van der Waals surface area contributed by atoms with Crippen molar-refractivity contribution in [3.63, 3.8) is 0 Å². The first-order valence-corrected chi connectivity index (χ1v) is 11.5. The van der Waals surface area contributed by atoms with E-state index in [1.165, 1.54) is 23.8 Å². The van der Waals surface area contributed by atoms with Crippen LogP contribution in [0.15, 0.2) is 23.8 Å². The highest BCUT2D eigenvalue weighted by molar-refractivity contribution is 7.10. The molecule has 12 nitrogen and oxygen atoms in total. The van der Waals surface area contributed by atoms with E-state index >= 15 is 0 Å². The Morgan fingerprint density at radius 3 is 2.56 bits per heavy atom. The first kappa shape index (κ1) is 26.2. The Kier molecular flexibility index (Phi) is 7.59. The largest absolute Gasteiger partial charge is 0.493 e. The van der Waals surface area contributed by atoms with E-state index in [-0.39, 0.29) is 41.0 Å². The molecule has 2 amide bonds. The van der Waals surface area contributed by atoms with Gasteiger partial charge >= 0.3 is 11.9 Å². The number of carbonyl (C=O) groups excluding carboxylic acids is 2. The number of anilines is 1. The molecule has 2 aliphatic rings. The summed E-state index contributed by atoms with van der Waals surface area (Å²) in [5.74, 6) is -0.412. The first-order valence-electron chi connectivity index (χ1n) is 10.6. The van der Waals surface area contributed by atoms with Gasteiger partial charge < -0.3 is 26.0 Å². The Morgan fingerprint density at radius 2 is 1.92 bits per heavy atom.